The topological polar surface area (TPSA) is 83.1 Å². The van der Waals surface area contributed by atoms with Crippen LogP contribution in [0, 0.1) is 12.8 Å². The average Bonchev–Trinajstić information content (AvgIpc) is 3.25. The number of hydrogen-bond acceptors (Lipinski definition) is 6. The van der Waals surface area contributed by atoms with Gasteiger partial charge < -0.3 is 19.9 Å². The van der Waals surface area contributed by atoms with Gasteiger partial charge in [0.15, 0.2) is 0 Å². The number of piperidine rings is 1. The Morgan fingerprint density at radius 3 is 2.74 bits per heavy atom. The first-order valence-corrected chi connectivity index (χ1v) is 12.8. The van der Waals surface area contributed by atoms with Crippen LogP contribution in [-0.2, 0) is 16.0 Å². The number of esters is 1. The van der Waals surface area contributed by atoms with E-state index in [1.54, 1.807) is 0 Å². The van der Waals surface area contributed by atoms with Crippen LogP contribution >= 0.6 is 0 Å². The molecule has 1 unspecified atom stereocenters. The van der Waals surface area contributed by atoms with Crippen LogP contribution in [0.25, 0.3) is 23.2 Å². The van der Waals surface area contributed by atoms with E-state index in [-0.39, 0.29) is 11.9 Å². The van der Waals surface area contributed by atoms with E-state index in [0.29, 0.717) is 12.8 Å². The fraction of sp³-hybridized carbons (Fsp3) is 0.464. The normalized spacial score (nSPS) is 17.9. The van der Waals surface area contributed by atoms with E-state index in [0.717, 1.165) is 52.8 Å². The lowest BCUT2D eigenvalue weighted by molar-refractivity contribution is -0.143. The maximum atomic E-state index is 12.1. The number of nitrogens with zero attached hydrogens (tertiary/aromatic N) is 3. The summed E-state index contributed by atoms with van der Waals surface area (Å²) in [4.78, 5) is 28.0. The molecule has 2 aromatic heterocycles. The highest BCUT2D eigenvalue weighted by Crippen LogP contribution is 2.19. The van der Waals surface area contributed by atoms with Crippen molar-refractivity contribution in [3.63, 3.8) is 0 Å². The highest BCUT2D eigenvalue weighted by molar-refractivity contribution is 5.90. The third-order valence-electron chi connectivity index (χ3n) is 7.09. The zero-order valence-electron chi connectivity index (χ0n) is 20.8. The summed E-state index contributed by atoms with van der Waals surface area (Å²) in [5.74, 6) is 1.16. The van der Waals surface area contributed by atoms with Gasteiger partial charge in [-0.25, -0.2) is 9.97 Å². The van der Waals surface area contributed by atoms with E-state index in [2.05, 4.69) is 52.5 Å². The molecule has 1 aliphatic heterocycles. The second kappa shape index (κ2) is 10.6. The minimum Gasteiger partial charge on any atom is -0.469 e. The highest BCUT2D eigenvalue weighted by Gasteiger charge is 2.21. The number of aryl methyl sites for hydroxylation is 1. The number of benzene rings is 1. The molecule has 2 N–H and O–H groups in total. The number of carbonyl (C=O) groups is 1. The first-order valence-electron chi connectivity index (χ1n) is 12.8. The zero-order valence-corrected chi connectivity index (χ0v) is 20.8. The first-order chi connectivity index (χ1) is 17.1. The summed E-state index contributed by atoms with van der Waals surface area (Å²) < 4.78 is 4.96. The van der Waals surface area contributed by atoms with Crippen LogP contribution in [0.1, 0.15) is 49.1 Å². The summed E-state index contributed by atoms with van der Waals surface area (Å²) in [5, 5.41) is 6.61. The van der Waals surface area contributed by atoms with E-state index in [9.17, 15) is 4.79 Å². The first kappa shape index (κ1) is 23.5. The second-order valence-corrected chi connectivity index (χ2v) is 9.75. The third-order valence-corrected chi connectivity index (χ3v) is 7.09. The van der Waals surface area contributed by atoms with E-state index in [1.165, 1.54) is 50.6 Å². The van der Waals surface area contributed by atoms with Crippen LogP contribution in [0.15, 0.2) is 24.3 Å². The van der Waals surface area contributed by atoms with Crippen molar-refractivity contribution in [3.05, 3.63) is 51.8 Å². The van der Waals surface area contributed by atoms with Gasteiger partial charge in [0, 0.05) is 23.5 Å². The molecule has 7 nitrogen and oxygen atoms in total. The standard InChI is InChI=1S/C28H35N5O2/c1-19-7-9-20(10-8-19)17-24-31-26(29-13-6-16-33-14-4-3-5-15-33)25-22-12-11-21(28(34)35-2)18-23(22)30-27(25)32-24/h7-10,12,18,21H,3-6,11,13-17H2,1-2H3,(H2,29,30,31,32). The predicted octanol–water partition coefficient (Wildman–Crippen LogP) is 2.90. The molecule has 1 atom stereocenters. The Morgan fingerprint density at radius 2 is 1.97 bits per heavy atom. The molecule has 0 radical (unpaired) electrons. The van der Waals surface area contributed by atoms with Gasteiger partial charge in [0.05, 0.1) is 18.4 Å². The largest absolute Gasteiger partial charge is 0.469 e. The number of H-pyrrole nitrogens is 1. The molecule has 7 heteroatoms. The zero-order chi connectivity index (χ0) is 24.2. The number of likely N-dealkylation sites (tertiary alicyclic amines) is 1. The molecule has 0 amide bonds. The summed E-state index contributed by atoms with van der Waals surface area (Å²) in [5.41, 5.74) is 3.24. The molecule has 184 valence electrons. The second-order valence-electron chi connectivity index (χ2n) is 9.75. The van der Waals surface area contributed by atoms with Crippen molar-refractivity contribution in [2.24, 2.45) is 5.92 Å². The van der Waals surface area contributed by atoms with Gasteiger partial charge in [-0.1, -0.05) is 42.3 Å². The fourth-order valence-electron chi connectivity index (χ4n) is 5.14. The van der Waals surface area contributed by atoms with E-state index < -0.39 is 0 Å². The van der Waals surface area contributed by atoms with Crippen LogP contribution in [0.5, 0.6) is 0 Å². The van der Waals surface area contributed by atoms with Crippen molar-refractivity contribution in [2.45, 2.75) is 45.4 Å². The molecule has 0 spiro atoms. The van der Waals surface area contributed by atoms with E-state index >= 15 is 0 Å². The Balaban J connectivity index is 1.44. The summed E-state index contributed by atoms with van der Waals surface area (Å²) in [6.07, 6.45) is 10.4. The Labute approximate surface area is 206 Å². The quantitative estimate of drug-likeness (QED) is 0.387. The van der Waals surface area contributed by atoms with Crippen molar-refractivity contribution < 1.29 is 9.53 Å². The Kier molecular flexibility index (Phi) is 7.13. The SMILES string of the molecule is COC(=O)C1C=c2[nH]c3nc(Cc4ccc(C)cc4)nc(NCCCN4CCCCC4)c3c2=CC1. The molecule has 3 heterocycles. The number of rotatable bonds is 8. The lowest BCUT2D eigenvalue weighted by Gasteiger charge is -2.26. The van der Waals surface area contributed by atoms with Crippen LogP contribution in [-0.4, -0.2) is 59.1 Å². The Morgan fingerprint density at radius 1 is 1.17 bits per heavy atom. The molecule has 1 aromatic carbocycles. The predicted molar refractivity (Wildman–Crippen MR) is 140 cm³/mol. The van der Waals surface area contributed by atoms with Gasteiger partial charge in [-0.15, -0.1) is 0 Å². The smallest absolute Gasteiger partial charge is 0.312 e. The molecular formula is C28H35N5O2. The number of aromatic amines is 1. The van der Waals surface area contributed by atoms with Gasteiger partial charge in [-0.2, -0.15) is 0 Å². The number of fused-ring (bicyclic) bond motifs is 3. The average molecular weight is 474 g/mol. The number of carbonyl (C=O) groups excluding carboxylic acids is 1. The minimum absolute atomic E-state index is 0.215. The molecule has 1 fully saturated rings. The monoisotopic (exact) mass is 473 g/mol. The maximum Gasteiger partial charge on any atom is 0.312 e. The summed E-state index contributed by atoms with van der Waals surface area (Å²) in [6.45, 7) is 6.51. The minimum atomic E-state index is -0.276. The lowest BCUT2D eigenvalue weighted by atomic mass is 10.00. The van der Waals surface area contributed by atoms with Crippen LogP contribution < -0.4 is 15.9 Å². The van der Waals surface area contributed by atoms with Crippen LogP contribution in [0.4, 0.5) is 5.82 Å². The lowest BCUT2D eigenvalue weighted by Crippen LogP contribution is -2.32. The summed E-state index contributed by atoms with van der Waals surface area (Å²) in [7, 11) is 1.44. The van der Waals surface area contributed by atoms with Gasteiger partial charge in [-0.3, -0.25) is 4.79 Å². The molecule has 1 aliphatic carbocycles. The van der Waals surface area contributed by atoms with Gasteiger partial charge in [-0.05, 0) is 63.9 Å². The van der Waals surface area contributed by atoms with Crippen molar-refractivity contribution in [2.75, 3.05) is 38.6 Å². The number of nitrogens with one attached hydrogen (secondary N) is 2. The maximum absolute atomic E-state index is 12.1. The molecular weight excluding hydrogens is 438 g/mol. The highest BCUT2D eigenvalue weighted by atomic mass is 16.5. The van der Waals surface area contributed by atoms with Gasteiger partial charge in [0.25, 0.3) is 0 Å². The number of methoxy groups -OCH3 is 1. The number of anilines is 1. The molecule has 2 aliphatic rings. The van der Waals surface area contributed by atoms with Gasteiger partial charge >= 0.3 is 5.97 Å². The number of aromatic nitrogens is 3. The van der Waals surface area contributed by atoms with Gasteiger partial charge in [0.1, 0.15) is 17.3 Å². The molecule has 0 bridgehead atoms. The Hall–Kier alpha value is -3.19. The molecule has 35 heavy (non-hydrogen) atoms. The van der Waals surface area contributed by atoms with Crippen molar-refractivity contribution in [1.82, 2.24) is 19.9 Å². The molecule has 5 rings (SSSR count). The Bertz CT molecular complexity index is 1310. The summed E-state index contributed by atoms with van der Waals surface area (Å²) in [6, 6.07) is 8.52. The van der Waals surface area contributed by atoms with Crippen LogP contribution in [0.2, 0.25) is 0 Å². The van der Waals surface area contributed by atoms with Crippen molar-refractivity contribution >= 4 is 35.0 Å². The van der Waals surface area contributed by atoms with E-state index in [1.807, 2.05) is 6.08 Å². The molecule has 3 aromatic rings. The van der Waals surface area contributed by atoms with Crippen molar-refractivity contribution in [3.8, 4) is 0 Å². The number of ether oxygens (including phenoxy) is 1. The van der Waals surface area contributed by atoms with Crippen LogP contribution in [0.3, 0.4) is 0 Å². The number of hydrogen-bond donors (Lipinski definition) is 2. The fourth-order valence-corrected chi connectivity index (χ4v) is 5.14. The molecule has 1 saturated heterocycles. The molecule has 0 saturated carbocycles. The third kappa shape index (κ3) is 5.40. The van der Waals surface area contributed by atoms with E-state index in [4.69, 9.17) is 14.7 Å². The summed E-state index contributed by atoms with van der Waals surface area (Å²) >= 11 is 0. The van der Waals surface area contributed by atoms with Crippen molar-refractivity contribution in [1.29, 1.82) is 0 Å². The van der Waals surface area contributed by atoms with Gasteiger partial charge in [0.2, 0.25) is 0 Å².